The summed E-state index contributed by atoms with van der Waals surface area (Å²) in [5.41, 5.74) is 0.105. The summed E-state index contributed by atoms with van der Waals surface area (Å²) in [4.78, 5) is 3.91. The molecule has 1 aromatic carbocycles. The van der Waals surface area contributed by atoms with E-state index in [0.717, 1.165) is 0 Å². The van der Waals surface area contributed by atoms with Gasteiger partial charge in [-0.05, 0) is 28.1 Å². The second-order valence-corrected chi connectivity index (χ2v) is 5.76. The van der Waals surface area contributed by atoms with Crippen LogP contribution in [0.5, 0.6) is 0 Å². The standard InChI is InChI=1S/C12H6BrCl3FNO/c13-7-2-1-6(10(17)9(7)16)12(19)11-8(15)3-5(14)4-18-11/h1-4,12,19H. The van der Waals surface area contributed by atoms with Gasteiger partial charge in [-0.1, -0.05) is 40.9 Å². The summed E-state index contributed by atoms with van der Waals surface area (Å²) in [7, 11) is 0. The molecule has 0 saturated heterocycles. The highest BCUT2D eigenvalue weighted by Crippen LogP contribution is 2.34. The predicted octanol–water partition coefficient (Wildman–Crippen LogP) is 5.03. The van der Waals surface area contributed by atoms with E-state index in [1.54, 1.807) is 0 Å². The Kier molecular flexibility index (Phi) is 4.69. The molecule has 0 radical (unpaired) electrons. The molecule has 1 aromatic heterocycles. The maximum atomic E-state index is 14.0. The average molecular weight is 385 g/mol. The van der Waals surface area contributed by atoms with Gasteiger partial charge in [-0.2, -0.15) is 0 Å². The van der Waals surface area contributed by atoms with Crippen molar-refractivity contribution >= 4 is 50.7 Å². The van der Waals surface area contributed by atoms with Crippen molar-refractivity contribution in [2.45, 2.75) is 6.10 Å². The molecule has 0 aliphatic heterocycles. The molecule has 1 unspecified atom stereocenters. The minimum atomic E-state index is -1.32. The number of nitrogens with zero attached hydrogens (tertiary/aromatic N) is 1. The highest BCUT2D eigenvalue weighted by molar-refractivity contribution is 9.10. The van der Waals surface area contributed by atoms with Gasteiger partial charge in [-0.25, -0.2) is 4.39 Å². The third kappa shape index (κ3) is 3.03. The Hall–Kier alpha value is -0.390. The Morgan fingerprint density at radius 2 is 1.95 bits per heavy atom. The molecule has 0 fully saturated rings. The minimum absolute atomic E-state index is 0.00933. The molecule has 0 aliphatic rings. The maximum Gasteiger partial charge on any atom is 0.149 e. The molecule has 0 amide bonds. The SMILES string of the molecule is OC(c1ccc(Br)c(Cl)c1F)c1ncc(Cl)cc1Cl. The number of aliphatic hydroxyl groups excluding tert-OH is 1. The van der Waals surface area contributed by atoms with E-state index in [9.17, 15) is 9.50 Å². The van der Waals surface area contributed by atoms with Gasteiger partial charge in [0.2, 0.25) is 0 Å². The quantitative estimate of drug-likeness (QED) is 0.736. The molecular formula is C12H6BrCl3FNO. The maximum absolute atomic E-state index is 14.0. The van der Waals surface area contributed by atoms with Gasteiger partial charge in [-0.3, -0.25) is 4.98 Å². The zero-order valence-electron chi connectivity index (χ0n) is 9.17. The van der Waals surface area contributed by atoms with E-state index in [1.807, 2.05) is 0 Å². The number of hydrogen-bond donors (Lipinski definition) is 1. The van der Waals surface area contributed by atoms with Crippen molar-refractivity contribution < 1.29 is 9.50 Å². The molecule has 2 aromatic rings. The van der Waals surface area contributed by atoms with Gasteiger partial charge in [0.1, 0.15) is 11.9 Å². The lowest BCUT2D eigenvalue weighted by Gasteiger charge is -2.14. The van der Waals surface area contributed by atoms with E-state index >= 15 is 0 Å². The Morgan fingerprint density at radius 1 is 1.26 bits per heavy atom. The predicted molar refractivity (Wildman–Crippen MR) is 77.4 cm³/mol. The van der Waals surface area contributed by atoms with E-state index in [0.29, 0.717) is 9.50 Å². The number of rotatable bonds is 2. The van der Waals surface area contributed by atoms with Crippen LogP contribution in [-0.2, 0) is 0 Å². The number of halogens is 5. The normalized spacial score (nSPS) is 12.5. The second kappa shape index (κ2) is 5.94. The fourth-order valence-corrected chi connectivity index (χ4v) is 2.49. The van der Waals surface area contributed by atoms with Crippen molar-refractivity contribution in [2.24, 2.45) is 0 Å². The third-order valence-corrected chi connectivity index (χ3v) is 4.22. The molecule has 0 spiro atoms. The van der Waals surface area contributed by atoms with Crippen LogP contribution in [0, 0.1) is 5.82 Å². The molecule has 7 heteroatoms. The van der Waals surface area contributed by atoms with Gasteiger partial charge in [0, 0.05) is 16.2 Å². The van der Waals surface area contributed by atoms with Gasteiger partial charge in [0.25, 0.3) is 0 Å². The van der Waals surface area contributed by atoms with Crippen LogP contribution < -0.4 is 0 Å². The first-order valence-electron chi connectivity index (χ1n) is 5.04. The highest BCUT2D eigenvalue weighted by Gasteiger charge is 2.21. The van der Waals surface area contributed by atoms with E-state index in [1.165, 1.54) is 24.4 Å². The van der Waals surface area contributed by atoms with Crippen molar-refractivity contribution in [1.82, 2.24) is 4.98 Å². The topological polar surface area (TPSA) is 33.1 Å². The lowest BCUT2D eigenvalue weighted by Crippen LogP contribution is -2.06. The molecule has 100 valence electrons. The Morgan fingerprint density at radius 3 is 2.58 bits per heavy atom. The summed E-state index contributed by atoms with van der Waals surface area (Å²) < 4.78 is 14.4. The first-order chi connectivity index (χ1) is 8.91. The van der Waals surface area contributed by atoms with Crippen LogP contribution >= 0.6 is 50.7 Å². The fraction of sp³-hybridized carbons (Fsp3) is 0.0833. The molecule has 2 nitrogen and oxygen atoms in total. The molecule has 0 saturated carbocycles. The lowest BCUT2D eigenvalue weighted by atomic mass is 10.1. The third-order valence-electron chi connectivity index (χ3n) is 2.45. The number of pyridine rings is 1. The van der Waals surface area contributed by atoms with Gasteiger partial charge in [-0.15, -0.1) is 0 Å². The highest BCUT2D eigenvalue weighted by atomic mass is 79.9. The number of hydrogen-bond acceptors (Lipinski definition) is 2. The molecule has 0 aliphatic carbocycles. The van der Waals surface area contributed by atoms with Crippen LogP contribution in [0.15, 0.2) is 28.9 Å². The number of aliphatic hydroxyl groups is 1. The van der Waals surface area contributed by atoms with E-state index in [-0.39, 0.29) is 21.3 Å². The van der Waals surface area contributed by atoms with Crippen molar-refractivity contribution in [2.75, 3.05) is 0 Å². The smallest absolute Gasteiger partial charge is 0.149 e. The summed E-state index contributed by atoms with van der Waals surface area (Å²) in [5.74, 6) is -0.726. The molecule has 0 bridgehead atoms. The average Bonchev–Trinajstić information content (AvgIpc) is 2.35. The molecule has 2 rings (SSSR count). The monoisotopic (exact) mass is 383 g/mol. The molecule has 1 N–H and O–H groups in total. The molecular weight excluding hydrogens is 379 g/mol. The molecule has 1 atom stereocenters. The molecule has 19 heavy (non-hydrogen) atoms. The lowest BCUT2D eigenvalue weighted by molar-refractivity contribution is 0.210. The summed E-state index contributed by atoms with van der Waals surface area (Å²) in [6.45, 7) is 0. The van der Waals surface area contributed by atoms with Crippen molar-refractivity contribution in [3.8, 4) is 0 Å². The van der Waals surface area contributed by atoms with Crippen LogP contribution in [-0.4, -0.2) is 10.1 Å². The van der Waals surface area contributed by atoms with Crippen LogP contribution in [0.2, 0.25) is 15.1 Å². The Balaban J connectivity index is 2.50. The van der Waals surface area contributed by atoms with Crippen molar-refractivity contribution in [3.63, 3.8) is 0 Å². The number of benzene rings is 1. The largest absolute Gasteiger partial charge is 0.382 e. The summed E-state index contributed by atoms with van der Waals surface area (Å²) in [6.07, 6.45) is 0.0000328. The van der Waals surface area contributed by atoms with E-state index in [2.05, 4.69) is 20.9 Å². The first-order valence-corrected chi connectivity index (χ1v) is 6.97. The van der Waals surface area contributed by atoms with Gasteiger partial charge in [0.15, 0.2) is 0 Å². The summed E-state index contributed by atoms with van der Waals surface area (Å²) in [6, 6.07) is 4.36. The van der Waals surface area contributed by atoms with Crippen molar-refractivity contribution in [1.29, 1.82) is 0 Å². The zero-order valence-corrected chi connectivity index (χ0v) is 13.0. The Labute approximate surface area is 132 Å². The summed E-state index contributed by atoms with van der Waals surface area (Å²) in [5, 5.41) is 10.5. The Bertz CT molecular complexity index is 639. The second-order valence-electron chi connectivity index (χ2n) is 3.69. The van der Waals surface area contributed by atoms with Crippen LogP contribution in [0.1, 0.15) is 17.4 Å². The zero-order chi connectivity index (χ0) is 14.2. The first kappa shape index (κ1) is 15.0. The van der Waals surface area contributed by atoms with E-state index in [4.69, 9.17) is 34.8 Å². The van der Waals surface area contributed by atoms with Gasteiger partial charge < -0.3 is 5.11 Å². The van der Waals surface area contributed by atoms with Crippen molar-refractivity contribution in [3.05, 3.63) is 61.0 Å². The van der Waals surface area contributed by atoms with Gasteiger partial charge >= 0.3 is 0 Å². The van der Waals surface area contributed by atoms with Crippen LogP contribution in [0.4, 0.5) is 4.39 Å². The van der Waals surface area contributed by atoms with Gasteiger partial charge in [0.05, 0.1) is 20.8 Å². The van der Waals surface area contributed by atoms with Crippen LogP contribution in [0.25, 0.3) is 0 Å². The summed E-state index contributed by atoms with van der Waals surface area (Å²) >= 11 is 20.5. The fourth-order valence-electron chi connectivity index (χ4n) is 1.53. The number of aromatic nitrogens is 1. The van der Waals surface area contributed by atoms with E-state index < -0.39 is 11.9 Å². The minimum Gasteiger partial charge on any atom is -0.382 e. The molecule has 1 heterocycles. The van der Waals surface area contributed by atoms with Crippen LogP contribution in [0.3, 0.4) is 0 Å².